The molecule has 0 saturated carbocycles. The van der Waals surface area contributed by atoms with Crippen molar-refractivity contribution in [2.75, 3.05) is 22.5 Å². The van der Waals surface area contributed by atoms with Crippen LogP contribution in [0.5, 0.6) is 0 Å². The van der Waals surface area contributed by atoms with Crippen LogP contribution >= 0.6 is 11.8 Å². The molecule has 7 N–H and O–H groups in total. The van der Waals surface area contributed by atoms with Crippen LogP contribution in [0.2, 0.25) is 0 Å². The Labute approximate surface area is 137 Å². The molecule has 1 aliphatic rings. The number of hydrogen-bond acceptors (Lipinski definition) is 8. The topological polar surface area (TPSA) is 129 Å². The molecule has 0 aliphatic carbocycles. The molecule has 1 aliphatic heterocycles. The van der Waals surface area contributed by atoms with Gasteiger partial charge >= 0.3 is 0 Å². The molecule has 0 bridgehead atoms. The minimum atomic E-state index is 0.0417. The fourth-order valence-electron chi connectivity index (χ4n) is 2.01. The summed E-state index contributed by atoms with van der Waals surface area (Å²) < 4.78 is 0. The molecule has 8 heteroatoms. The molecule has 23 heavy (non-hydrogen) atoms. The monoisotopic (exact) mass is 325 g/mol. The highest BCUT2D eigenvalue weighted by atomic mass is 32.2. The predicted octanol–water partition coefficient (Wildman–Crippen LogP) is 2.51. The van der Waals surface area contributed by atoms with Crippen LogP contribution in [0.15, 0.2) is 58.3 Å². The first-order valence-corrected chi connectivity index (χ1v) is 7.59. The van der Waals surface area contributed by atoms with Gasteiger partial charge in [-0.15, -0.1) is 0 Å². The minimum absolute atomic E-state index is 0.0417. The number of nitrogens with one attached hydrogen (secondary N) is 1. The zero-order chi connectivity index (χ0) is 16.2. The molecule has 116 valence electrons. The fraction of sp³-hybridized carbons (Fsp3) is 0. The number of rotatable bonds is 0. The smallest absolute Gasteiger partial charge is 0.226 e. The van der Waals surface area contributed by atoms with E-state index in [1.165, 1.54) is 21.2 Å². The van der Waals surface area contributed by atoms with Gasteiger partial charge in [0, 0.05) is 9.79 Å². The van der Waals surface area contributed by atoms with Gasteiger partial charge in [0.15, 0.2) is 0 Å². The van der Waals surface area contributed by atoms with E-state index in [-0.39, 0.29) is 17.8 Å². The second kappa shape index (κ2) is 6.41. The normalized spacial score (nSPS) is 11.3. The highest BCUT2D eigenvalue weighted by Crippen LogP contribution is 2.43. The second-order valence-corrected chi connectivity index (χ2v) is 5.71. The molecule has 0 saturated heterocycles. The number of hydrogen-bond donors (Lipinski definition) is 4. The van der Waals surface area contributed by atoms with E-state index in [1.807, 2.05) is 11.8 Å². The number of nitrogens with zero attached hydrogens (tertiary/aromatic N) is 3. The number of fused-ring (bicyclic) bond motifs is 2. The summed E-state index contributed by atoms with van der Waals surface area (Å²) in [6.45, 7) is 0. The van der Waals surface area contributed by atoms with Crippen LogP contribution in [0, 0.1) is 0 Å². The molecule has 3 aromatic rings. The van der Waals surface area contributed by atoms with Gasteiger partial charge in [0.05, 0.1) is 11.4 Å². The van der Waals surface area contributed by atoms with E-state index in [4.69, 9.17) is 17.2 Å². The van der Waals surface area contributed by atoms with Crippen molar-refractivity contribution in [3.05, 3.63) is 48.5 Å². The number of nitrogens with two attached hydrogens (primary N) is 3. The van der Waals surface area contributed by atoms with Crippen LogP contribution in [-0.2, 0) is 0 Å². The summed E-state index contributed by atoms with van der Waals surface area (Å²) in [6.07, 6.45) is 0. The van der Waals surface area contributed by atoms with Crippen molar-refractivity contribution in [3.63, 3.8) is 0 Å². The number of para-hydroxylation sites is 2. The number of nitrogen functional groups attached to an aromatic ring is 3. The van der Waals surface area contributed by atoms with Gasteiger partial charge in [0.25, 0.3) is 0 Å². The second-order valence-electron chi connectivity index (χ2n) is 4.63. The highest BCUT2D eigenvalue weighted by Gasteiger charge is 2.13. The first-order chi connectivity index (χ1) is 11.1. The van der Waals surface area contributed by atoms with Gasteiger partial charge in [0.2, 0.25) is 17.8 Å². The fourth-order valence-corrected chi connectivity index (χ4v) is 3.00. The van der Waals surface area contributed by atoms with Crippen molar-refractivity contribution in [2.45, 2.75) is 9.79 Å². The van der Waals surface area contributed by atoms with E-state index in [9.17, 15) is 0 Å². The Kier molecular flexibility index (Phi) is 4.15. The Hall–Kier alpha value is -3.00. The zero-order valence-electron chi connectivity index (χ0n) is 12.1. The third kappa shape index (κ3) is 3.61. The lowest BCUT2D eigenvalue weighted by molar-refractivity contribution is 1.09. The van der Waals surface area contributed by atoms with E-state index >= 15 is 0 Å². The molecule has 0 amide bonds. The Bertz CT molecular complexity index is 700. The summed E-state index contributed by atoms with van der Waals surface area (Å²) in [5.41, 5.74) is 17.8. The highest BCUT2D eigenvalue weighted by molar-refractivity contribution is 7.99. The zero-order valence-corrected chi connectivity index (χ0v) is 12.9. The molecule has 1 aromatic heterocycles. The third-order valence-corrected chi connectivity index (χ3v) is 4.10. The summed E-state index contributed by atoms with van der Waals surface area (Å²) in [4.78, 5) is 13.1. The summed E-state index contributed by atoms with van der Waals surface area (Å²) >= 11 is 1.82. The molecule has 4 rings (SSSR count). The molecule has 0 unspecified atom stereocenters. The van der Waals surface area contributed by atoms with E-state index < -0.39 is 0 Å². The first kappa shape index (κ1) is 14.9. The van der Waals surface area contributed by atoms with Crippen LogP contribution in [-0.4, -0.2) is 15.0 Å². The predicted molar refractivity (Wildman–Crippen MR) is 93.4 cm³/mol. The van der Waals surface area contributed by atoms with Gasteiger partial charge in [-0.25, -0.2) is 0 Å². The van der Waals surface area contributed by atoms with Crippen molar-refractivity contribution in [2.24, 2.45) is 0 Å². The molecular weight excluding hydrogens is 310 g/mol. The largest absolute Gasteiger partial charge is 0.368 e. The molecule has 2 aromatic carbocycles. The van der Waals surface area contributed by atoms with Gasteiger partial charge in [0.1, 0.15) is 0 Å². The van der Waals surface area contributed by atoms with E-state index in [0.29, 0.717) is 0 Å². The number of benzene rings is 2. The molecule has 0 spiro atoms. The van der Waals surface area contributed by atoms with E-state index in [1.54, 1.807) is 0 Å². The Balaban J connectivity index is 0.000000151. The maximum absolute atomic E-state index is 5.14. The SMILES string of the molecule is Nc1nc(N)nc(N)n1.c1ccc2c(c1)Nc1ccccc1S2. The van der Waals surface area contributed by atoms with Gasteiger partial charge in [-0.2, -0.15) is 15.0 Å². The van der Waals surface area contributed by atoms with Crippen LogP contribution in [0.25, 0.3) is 0 Å². The van der Waals surface area contributed by atoms with Crippen LogP contribution in [0.3, 0.4) is 0 Å². The van der Waals surface area contributed by atoms with Crippen molar-refractivity contribution in [1.29, 1.82) is 0 Å². The Morgan fingerprint density at radius 3 is 1.48 bits per heavy atom. The number of anilines is 5. The average molecular weight is 325 g/mol. The van der Waals surface area contributed by atoms with E-state index in [2.05, 4.69) is 68.8 Å². The van der Waals surface area contributed by atoms with Crippen LogP contribution < -0.4 is 22.5 Å². The van der Waals surface area contributed by atoms with Gasteiger partial charge in [-0.05, 0) is 24.3 Å². The minimum Gasteiger partial charge on any atom is -0.368 e. The Morgan fingerprint density at radius 1 is 0.652 bits per heavy atom. The lowest BCUT2D eigenvalue weighted by Crippen LogP contribution is -2.05. The molecule has 0 atom stereocenters. The Morgan fingerprint density at radius 2 is 1.04 bits per heavy atom. The van der Waals surface area contributed by atoms with Crippen molar-refractivity contribution >= 4 is 41.0 Å². The van der Waals surface area contributed by atoms with Crippen molar-refractivity contribution in [1.82, 2.24) is 15.0 Å². The first-order valence-electron chi connectivity index (χ1n) is 6.77. The molecule has 0 fully saturated rings. The van der Waals surface area contributed by atoms with Crippen LogP contribution in [0.4, 0.5) is 29.2 Å². The van der Waals surface area contributed by atoms with Crippen LogP contribution in [0.1, 0.15) is 0 Å². The maximum Gasteiger partial charge on any atom is 0.226 e. The van der Waals surface area contributed by atoms with E-state index in [0.717, 1.165) is 0 Å². The lowest BCUT2D eigenvalue weighted by Gasteiger charge is -2.19. The van der Waals surface area contributed by atoms with Gasteiger partial charge < -0.3 is 22.5 Å². The van der Waals surface area contributed by atoms with Crippen molar-refractivity contribution < 1.29 is 0 Å². The summed E-state index contributed by atoms with van der Waals surface area (Å²) in [6, 6.07) is 16.8. The quantitative estimate of drug-likeness (QED) is 0.388. The number of aromatic nitrogens is 3. The standard InChI is InChI=1S/C12H9NS.C3H6N6/c1-3-7-11-9(5-1)13-10-6-2-4-8-12(10)14-11;4-1-7-2(5)9-3(6)8-1/h1-8,13H;(H6,4,5,6,7,8,9). The summed E-state index contributed by atoms with van der Waals surface area (Å²) in [7, 11) is 0. The molecule has 7 nitrogen and oxygen atoms in total. The third-order valence-electron chi connectivity index (χ3n) is 2.95. The maximum atomic E-state index is 5.14. The molecule has 2 heterocycles. The average Bonchev–Trinajstić information content (AvgIpc) is 2.52. The summed E-state index contributed by atoms with van der Waals surface area (Å²) in [5, 5.41) is 3.42. The van der Waals surface area contributed by atoms with Crippen molar-refractivity contribution in [3.8, 4) is 0 Å². The molecular formula is C15H15N7S. The summed E-state index contributed by atoms with van der Waals surface area (Å²) in [5.74, 6) is 0.125. The van der Waals surface area contributed by atoms with Gasteiger partial charge in [-0.3, -0.25) is 0 Å². The lowest BCUT2D eigenvalue weighted by atomic mass is 10.2. The molecule has 0 radical (unpaired) electrons. The van der Waals surface area contributed by atoms with Gasteiger partial charge in [-0.1, -0.05) is 36.0 Å².